The van der Waals surface area contributed by atoms with Crippen LogP contribution in [0.4, 0.5) is 0 Å². The molecule has 1 unspecified atom stereocenters. The molecule has 2 rings (SSSR count). The third kappa shape index (κ3) is 2.07. The van der Waals surface area contributed by atoms with Crippen LogP contribution in [0.1, 0.15) is 12.6 Å². The summed E-state index contributed by atoms with van der Waals surface area (Å²) in [6.45, 7) is 6.62. The van der Waals surface area contributed by atoms with E-state index in [0.29, 0.717) is 6.04 Å². The van der Waals surface area contributed by atoms with E-state index in [9.17, 15) is 0 Å². The monoisotopic (exact) mass is 201 g/mol. The van der Waals surface area contributed by atoms with Gasteiger partial charge in [-0.2, -0.15) is 0 Å². The molecule has 2 heterocycles. The number of rotatable bonds is 4. The van der Waals surface area contributed by atoms with Crippen LogP contribution in [-0.2, 0) is 6.54 Å². The van der Waals surface area contributed by atoms with Crippen LogP contribution in [0.5, 0.6) is 0 Å². The van der Waals surface area contributed by atoms with Crippen molar-refractivity contribution < 1.29 is 0 Å². The molecule has 0 aliphatic rings. The van der Waals surface area contributed by atoms with Gasteiger partial charge in [0, 0.05) is 18.8 Å². The lowest BCUT2D eigenvalue weighted by atomic mass is 10.3. The Bertz CT molecular complexity index is 459. The maximum Gasteiger partial charge on any atom is 0.136 e. The molecule has 2 aromatic heterocycles. The van der Waals surface area contributed by atoms with Gasteiger partial charge < -0.3 is 9.72 Å². The lowest BCUT2D eigenvalue weighted by molar-refractivity contribution is 0.622. The highest BCUT2D eigenvalue weighted by Crippen LogP contribution is 2.05. The topological polar surface area (TPSA) is 29.3 Å². The van der Waals surface area contributed by atoms with E-state index in [-0.39, 0.29) is 0 Å². The van der Waals surface area contributed by atoms with Crippen molar-refractivity contribution in [2.75, 3.05) is 0 Å². The van der Waals surface area contributed by atoms with Gasteiger partial charge >= 0.3 is 0 Å². The Morgan fingerprint density at radius 2 is 2.47 bits per heavy atom. The van der Waals surface area contributed by atoms with Gasteiger partial charge in [-0.15, -0.1) is 6.58 Å². The zero-order chi connectivity index (χ0) is 10.7. The van der Waals surface area contributed by atoms with Gasteiger partial charge in [-0.05, 0) is 19.1 Å². The number of aromatic nitrogens is 2. The predicted octanol–water partition coefficient (Wildman–Crippen LogP) is 2.00. The Morgan fingerprint density at radius 1 is 1.60 bits per heavy atom. The van der Waals surface area contributed by atoms with Crippen LogP contribution in [0.25, 0.3) is 5.65 Å². The van der Waals surface area contributed by atoms with Gasteiger partial charge in [0.15, 0.2) is 0 Å². The van der Waals surface area contributed by atoms with E-state index in [0.717, 1.165) is 12.2 Å². The molecule has 3 heteroatoms. The predicted molar refractivity (Wildman–Crippen MR) is 61.7 cm³/mol. The highest BCUT2D eigenvalue weighted by Gasteiger charge is 2.02. The van der Waals surface area contributed by atoms with Crippen molar-refractivity contribution >= 4 is 5.65 Å². The number of nitrogens with zero attached hydrogens (tertiary/aromatic N) is 2. The number of hydrogen-bond acceptors (Lipinski definition) is 2. The summed E-state index contributed by atoms with van der Waals surface area (Å²) in [5.41, 5.74) is 2.15. The third-order valence-electron chi connectivity index (χ3n) is 2.45. The lowest BCUT2D eigenvalue weighted by Crippen LogP contribution is -2.23. The average Bonchev–Trinajstić information content (AvgIpc) is 2.69. The van der Waals surface area contributed by atoms with Crippen molar-refractivity contribution in [3.05, 3.63) is 48.9 Å². The second kappa shape index (κ2) is 4.28. The number of nitrogens with one attached hydrogen (secondary N) is 1. The summed E-state index contributed by atoms with van der Waals surface area (Å²) < 4.78 is 2.09. The number of pyridine rings is 1. The van der Waals surface area contributed by atoms with Crippen molar-refractivity contribution in [2.45, 2.75) is 19.5 Å². The van der Waals surface area contributed by atoms with Gasteiger partial charge in [0.1, 0.15) is 5.65 Å². The van der Waals surface area contributed by atoms with Gasteiger partial charge in [0.25, 0.3) is 0 Å². The molecule has 0 amide bonds. The smallest absolute Gasteiger partial charge is 0.136 e. The van der Waals surface area contributed by atoms with Gasteiger partial charge in [-0.25, -0.2) is 4.98 Å². The standard InChI is InChI=1S/C12H15N3/c1-3-10(2)13-8-11-9-14-12-6-4-5-7-15(11)12/h3-7,9-10,13H,1,8H2,2H3. The van der Waals surface area contributed by atoms with Crippen LogP contribution in [0.3, 0.4) is 0 Å². The van der Waals surface area contributed by atoms with E-state index in [4.69, 9.17) is 0 Å². The van der Waals surface area contributed by atoms with Crippen LogP contribution >= 0.6 is 0 Å². The Hall–Kier alpha value is -1.61. The first kappa shape index (κ1) is 9.93. The fourth-order valence-electron chi connectivity index (χ4n) is 1.46. The van der Waals surface area contributed by atoms with Crippen LogP contribution in [-0.4, -0.2) is 15.4 Å². The highest BCUT2D eigenvalue weighted by atomic mass is 15.0. The summed E-state index contributed by atoms with van der Waals surface area (Å²) in [6.07, 6.45) is 5.82. The van der Waals surface area contributed by atoms with Crippen molar-refractivity contribution in [2.24, 2.45) is 0 Å². The number of hydrogen-bond donors (Lipinski definition) is 1. The molecule has 1 atom stereocenters. The van der Waals surface area contributed by atoms with Crippen LogP contribution in [0, 0.1) is 0 Å². The molecular weight excluding hydrogens is 186 g/mol. The van der Waals surface area contributed by atoms with Crippen LogP contribution in [0.15, 0.2) is 43.2 Å². The fraction of sp³-hybridized carbons (Fsp3) is 0.250. The van der Waals surface area contributed by atoms with E-state index in [2.05, 4.69) is 28.2 Å². The zero-order valence-corrected chi connectivity index (χ0v) is 8.85. The minimum Gasteiger partial charge on any atom is -0.305 e. The largest absolute Gasteiger partial charge is 0.305 e. The fourth-order valence-corrected chi connectivity index (χ4v) is 1.46. The minimum absolute atomic E-state index is 0.319. The number of imidazole rings is 1. The van der Waals surface area contributed by atoms with Gasteiger partial charge in [-0.1, -0.05) is 12.1 Å². The van der Waals surface area contributed by atoms with Crippen LogP contribution < -0.4 is 5.32 Å². The van der Waals surface area contributed by atoms with Gasteiger partial charge in [0.05, 0.1) is 11.9 Å². The third-order valence-corrected chi connectivity index (χ3v) is 2.45. The quantitative estimate of drug-likeness (QED) is 0.767. The normalized spacial score (nSPS) is 12.9. The summed E-state index contributed by atoms with van der Waals surface area (Å²) in [5.74, 6) is 0. The Morgan fingerprint density at radius 3 is 3.27 bits per heavy atom. The SMILES string of the molecule is C=CC(C)NCc1cnc2ccccn12. The van der Waals surface area contributed by atoms with E-state index >= 15 is 0 Å². The van der Waals surface area contributed by atoms with Crippen molar-refractivity contribution in [3.63, 3.8) is 0 Å². The molecule has 0 spiro atoms. The zero-order valence-electron chi connectivity index (χ0n) is 8.85. The van der Waals surface area contributed by atoms with Crippen molar-refractivity contribution in [3.8, 4) is 0 Å². The summed E-state index contributed by atoms with van der Waals surface area (Å²) >= 11 is 0. The second-order valence-electron chi connectivity index (χ2n) is 3.58. The van der Waals surface area contributed by atoms with E-state index < -0.39 is 0 Å². The average molecular weight is 201 g/mol. The van der Waals surface area contributed by atoms with E-state index in [1.54, 1.807) is 0 Å². The maximum atomic E-state index is 4.32. The molecule has 15 heavy (non-hydrogen) atoms. The molecule has 0 saturated carbocycles. The molecule has 3 nitrogen and oxygen atoms in total. The summed E-state index contributed by atoms with van der Waals surface area (Å²) in [4.78, 5) is 4.32. The molecule has 0 aliphatic carbocycles. The van der Waals surface area contributed by atoms with Crippen LogP contribution in [0.2, 0.25) is 0 Å². The Kier molecular flexibility index (Phi) is 2.83. The maximum absolute atomic E-state index is 4.32. The first-order valence-electron chi connectivity index (χ1n) is 5.08. The summed E-state index contributed by atoms with van der Waals surface area (Å²) in [7, 11) is 0. The molecule has 0 aromatic carbocycles. The van der Waals surface area contributed by atoms with Crippen molar-refractivity contribution in [1.29, 1.82) is 0 Å². The van der Waals surface area contributed by atoms with E-state index in [1.807, 2.05) is 36.7 Å². The molecule has 2 aromatic rings. The lowest BCUT2D eigenvalue weighted by Gasteiger charge is -2.08. The molecule has 0 radical (unpaired) electrons. The molecule has 0 aliphatic heterocycles. The Balaban J connectivity index is 2.18. The summed E-state index contributed by atoms with van der Waals surface area (Å²) in [5, 5.41) is 3.35. The van der Waals surface area contributed by atoms with Gasteiger partial charge in [-0.3, -0.25) is 0 Å². The van der Waals surface area contributed by atoms with Gasteiger partial charge in [0.2, 0.25) is 0 Å². The molecule has 0 bridgehead atoms. The number of fused-ring (bicyclic) bond motifs is 1. The summed E-state index contributed by atoms with van der Waals surface area (Å²) in [6, 6.07) is 6.32. The van der Waals surface area contributed by atoms with E-state index in [1.165, 1.54) is 5.69 Å². The second-order valence-corrected chi connectivity index (χ2v) is 3.58. The first-order chi connectivity index (χ1) is 7.31. The minimum atomic E-state index is 0.319. The molecular formula is C12H15N3. The molecule has 0 saturated heterocycles. The molecule has 0 fully saturated rings. The Labute approximate surface area is 89.5 Å². The molecule has 1 N–H and O–H groups in total. The first-order valence-corrected chi connectivity index (χ1v) is 5.08. The van der Waals surface area contributed by atoms with Crippen molar-refractivity contribution in [1.82, 2.24) is 14.7 Å². The molecule has 78 valence electrons. The highest BCUT2D eigenvalue weighted by molar-refractivity contribution is 5.39.